The maximum absolute atomic E-state index is 12.7. The Morgan fingerprint density at radius 3 is 2.80 bits per heavy atom. The summed E-state index contributed by atoms with van der Waals surface area (Å²) < 4.78 is 0. The van der Waals surface area contributed by atoms with Gasteiger partial charge in [-0.2, -0.15) is 0 Å². The Kier molecular flexibility index (Phi) is 4.75. The van der Waals surface area contributed by atoms with Gasteiger partial charge in [0.25, 0.3) is 0 Å². The van der Waals surface area contributed by atoms with Crippen molar-refractivity contribution >= 4 is 23.2 Å². The first-order chi connectivity index (χ1) is 9.49. The molecule has 0 aromatic carbocycles. The molecule has 20 heavy (non-hydrogen) atoms. The van der Waals surface area contributed by atoms with Gasteiger partial charge in [0, 0.05) is 24.5 Å². The first-order valence-corrected chi connectivity index (χ1v) is 7.86. The summed E-state index contributed by atoms with van der Waals surface area (Å²) in [6.45, 7) is 6.54. The van der Waals surface area contributed by atoms with Crippen LogP contribution in [0.2, 0.25) is 0 Å². The molecule has 0 radical (unpaired) electrons. The maximum atomic E-state index is 12.7. The number of hydrogen-bond donors (Lipinski definition) is 1. The molecule has 1 aliphatic rings. The monoisotopic (exact) mass is 295 g/mol. The number of carbonyl (C=O) groups excluding carboxylic acids is 2. The van der Waals surface area contributed by atoms with Gasteiger partial charge in [0.05, 0.1) is 6.04 Å². The predicted molar refractivity (Wildman–Crippen MR) is 78.2 cm³/mol. The van der Waals surface area contributed by atoms with Crippen LogP contribution in [0.5, 0.6) is 0 Å². The molecule has 1 aliphatic heterocycles. The van der Waals surface area contributed by atoms with E-state index in [1.54, 1.807) is 11.1 Å². The lowest BCUT2D eigenvalue weighted by Gasteiger charge is -2.29. The van der Waals surface area contributed by atoms with Crippen LogP contribution in [0.1, 0.15) is 44.7 Å². The summed E-state index contributed by atoms with van der Waals surface area (Å²) in [6, 6.07) is -0.489. The number of carbonyl (C=O) groups is 2. The summed E-state index contributed by atoms with van der Waals surface area (Å²) in [5.74, 6) is 0.324. The molecule has 2 unspecified atom stereocenters. The van der Waals surface area contributed by atoms with Gasteiger partial charge in [-0.3, -0.25) is 9.59 Å². The van der Waals surface area contributed by atoms with Gasteiger partial charge >= 0.3 is 0 Å². The zero-order chi connectivity index (χ0) is 14.7. The normalized spacial score (nSPS) is 21.8. The number of nitrogens with one attached hydrogen (secondary N) is 1. The predicted octanol–water partition coefficient (Wildman–Crippen LogP) is 1.97. The summed E-state index contributed by atoms with van der Waals surface area (Å²) in [7, 11) is 0. The summed E-state index contributed by atoms with van der Waals surface area (Å²) in [5, 5.41) is 5.66. The van der Waals surface area contributed by atoms with Crippen molar-refractivity contribution in [1.29, 1.82) is 0 Å². The van der Waals surface area contributed by atoms with Crippen LogP contribution in [0.4, 0.5) is 0 Å². The Morgan fingerprint density at radius 1 is 1.45 bits per heavy atom. The van der Waals surface area contributed by atoms with E-state index >= 15 is 0 Å². The van der Waals surface area contributed by atoms with Crippen molar-refractivity contribution < 1.29 is 9.59 Å². The molecular weight excluding hydrogens is 274 g/mol. The second-order valence-electron chi connectivity index (χ2n) is 5.58. The van der Waals surface area contributed by atoms with E-state index in [1.165, 1.54) is 11.3 Å². The standard InChI is InChI=1S/C14H21N3O2S/c1-9(2)8-11-14(19)17(6-4-12(18)16-11)10(3)13-15-5-7-20-13/h5,7,9-11H,4,6,8H2,1-3H3,(H,16,18). The zero-order valence-corrected chi connectivity index (χ0v) is 12.9. The molecule has 2 amide bonds. The van der Waals surface area contributed by atoms with Crippen molar-refractivity contribution in [2.24, 2.45) is 5.92 Å². The minimum atomic E-state index is -0.410. The summed E-state index contributed by atoms with van der Waals surface area (Å²) >= 11 is 1.54. The molecule has 1 aromatic rings. The molecule has 5 nitrogen and oxygen atoms in total. The van der Waals surface area contributed by atoms with Gasteiger partial charge in [-0.1, -0.05) is 13.8 Å². The van der Waals surface area contributed by atoms with Gasteiger partial charge in [0.2, 0.25) is 11.8 Å². The van der Waals surface area contributed by atoms with Gasteiger partial charge in [-0.15, -0.1) is 11.3 Å². The van der Waals surface area contributed by atoms with Gasteiger partial charge < -0.3 is 10.2 Å². The number of hydrogen-bond acceptors (Lipinski definition) is 4. The van der Waals surface area contributed by atoms with Crippen molar-refractivity contribution in [1.82, 2.24) is 15.2 Å². The molecule has 2 heterocycles. The highest BCUT2D eigenvalue weighted by Crippen LogP contribution is 2.25. The van der Waals surface area contributed by atoms with E-state index in [4.69, 9.17) is 0 Å². The largest absolute Gasteiger partial charge is 0.344 e. The molecule has 0 saturated carbocycles. The van der Waals surface area contributed by atoms with Crippen molar-refractivity contribution in [2.75, 3.05) is 6.54 Å². The van der Waals surface area contributed by atoms with Crippen LogP contribution in [0.15, 0.2) is 11.6 Å². The van der Waals surface area contributed by atoms with Crippen LogP contribution in [0.3, 0.4) is 0 Å². The number of rotatable bonds is 4. The first kappa shape index (κ1) is 15.0. The molecule has 0 aliphatic carbocycles. The van der Waals surface area contributed by atoms with E-state index in [-0.39, 0.29) is 17.9 Å². The number of thiazole rings is 1. The Hall–Kier alpha value is -1.43. The van der Waals surface area contributed by atoms with Gasteiger partial charge in [0.15, 0.2) is 0 Å². The van der Waals surface area contributed by atoms with Crippen LogP contribution >= 0.6 is 11.3 Å². The van der Waals surface area contributed by atoms with E-state index in [0.717, 1.165) is 5.01 Å². The molecule has 110 valence electrons. The molecule has 1 aromatic heterocycles. The number of amides is 2. The van der Waals surface area contributed by atoms with Crippen LogP contribution in [0.25, 0.3) is 0 Å². The van der Waals surface area contributed by atoms with Gasteiger partial charge in [-0.05, 0) is 19.3 Å². The summed E-state index contributed by atoms with van der Waals surface area (Å²) in [4.78, 5) is 30.5. The minimum absolute atomic E-state index is 0.00671. The number of aromatic nitrogens is 1. The Morgan fingerprint density at radius 2 is 2.20 bits per heavy atom. The maximum Gasteiger partial charge on any atom is 0.245 e. The van der Waals surface area contributed by atoms with Gasteiger partial charge in [0.1, 0.15) is 11.0 Å². The molecular formula is C14H21N3O2S. The van der Waals surface area contributed by atoms with E-state index < -0.39 is 6.04 Å². The average molecular weight is 295 g/mol. The van der Waals surface area contributed by atoms with Crippen LogP contribution in [-0.4, -0.2) is 34.3 Å². The molecule has 1 fully saturated rings. The second-order valence-corrected chi connectivity index (χ2v) is 6.50. The molecule has 0 bridgehead atoms. The van der Waals surface area contributed by atoms with Crippen molar-refractivity contribution in [3.8, 4) is 0 Å². The number of nitrogens with zero attached hydrogens (tertiary/aromatic N) is 2. The highest BCUT2D eigenvalue weighted by atomic mass is 32.1. The molecule has 0 spiro atoms. The second kappa shape index (κ2) is 6.35. The lowest BCUT2D eigenvalue weighted by atomic mass is 10.0. The lowest BCUT2D eigenvalue weighted by Crippen LogP contribution is -2.46. The Balaban J connectivity index is 2.18. The Bertz CT molecular complexity index is 473. The SMILES string of the molecule is CC(C)CC1NC(=O)CCN(C(C)c2nccs2)C1=O. The highest BCUT2D eigenvalue weighted by Gasteiger charge is 2.33. The third kappa shape index (κ3) is 3.36. The summed E-state index contributed by atoms with van der Waals surface area (Å²) in [5.41, 5.74) is 0. The first-order valence-electron chi connectivity index (χ1n) is 6.98. The zero-order valence-electron chi connectivity index (χ0n) is 12.1. The third-order valence-corrected chi connectivity index (χ3v) is 4.43. The van der Waals surface area contributed by atoms with Crippen LogP contribution in [0, 0.1) is 5.92 Å². The lowest BCUT2D eigenvalue weighted by molar-refractivity contribution is -0.135. The average Bonchev–Trinajstić information content (AvgIpc) is 2.86. The fourth-order valence-electron chi connectivity index (χ4n) is 2.45. The fraction of sp³-hybridized carbons (Fsp3) is 0.643. The van der Waals surface area contributed by atoms with Crippen molar-refractivity contribution in [2.45, 2.75) is 45.7 Å². The highest BCUT2D eigenvalue weighted by molar-refractivity contribution is 7.09. The fourth-order valence-corrected chi connectivity index (χ4v) is 3.16. The molecule has 6 heteroatoms. The quantitative estimate of drug-likeness (QED) is 0.923. The Labute approximate surface area is 123 Å². The van der Waals surface area contributed by atoms with E-state index in [1.807, 2.05) is 12.3 Å². The minimum Gasteiger partial charge on any atom is -0.344 e. The smallest absolute Gasteiger partial charge is 0.245 e. The van der Waals surface area contributed by atoms with E-state index in [9.17, 15) is 9.59 Å². The van der Waals surface area contributed by atoms with Crippen molar-refractivity contribution in [3.63, 3.8) is 0 Å². The molecule has 2 atom stereocenters. The van der Waals surface area contributed by atoms with Gasteiger partial charge in [-0.25, -0.2) is 4.98 Å². The molecule has 2 rings (SSSR count). The van der Waals surface area contributed by atoms with Crippen LogP contribution in [-0.2, 0) is 9.59 Å². The third-order valence-electron chi connectivity index (χ3n) is 3.48. The van der Waals surface area contributed by atoms with Crippen LogP contribution < -0.4 is 5.32 Å². The molecule has 1 saturated heterocycles. The van der Waals surface area contributed by atoms with E-state index in [0.29, 0.717) is 25.3 Å². The topological polar surface area (TPSA) is 62.3 Å². The summed E-state index contributed by atoms with van der Waals surface area (Å²) in [6.07, 6.45) is 2.77. The van der Waals surface area contributed by atoms with Crippen molar-refractivity contribution in [3.05, 3.63) is 16.6 Å². The molecule has 1 N–H and O–H groups in total. The van der Waals surface area contributed by atoms with E-state index in [2.05, 4.69) is 24.1 Å².